The Balaban J connectivity index is 2.46. The average molecular weight is 391 g/mol. The minimum absolute atomic E-state index is 0.169. The van der Waals surface area contributed by atoms with Gasteiger partial charge in [-0.05, 0) is 12.1 Å². The van der Waals surface area contributed by atoms with E-state index in [4.69, 9.17) is 4.84 Å². The summed E-state index contributed by atoms with van der Waals surface area (Å²) in [6.45, 7) is 0. The van der Waals surface area contributed by atoms with E-state index >= 15 is 0 Å². The summed E-state index contributed by atoms with van der Waals surface area (Å²) >= 11 is 0. The highest BCUT2D eigenvalue weighted by Gasteiger charge is 2.42. The third-order valence-corrected chi connectivity index (χ3v) is 3.87. The summed E-state index contributed by atoms with van der Waals surface area (Å²) in [5.41, 5.74) is -6.22. The standard InChI is InChI=1S/C17H8F7NO2/c1-27-25-9-5-3-2-4-7(9)6-8(16(25)26)10-12(18)14(20)11(17(22,23)24)15(21)13(10)19/h2-6H,1H3. The van der Waals surface area contributed by atoms with E-state index in [0.717, 1.165) is 13.2 Å². The van der Waals surface area contributed by atoms with E-state index in [1.807, 2.05) is 0 Å². The molecule has 10 heteroatoms. The molecule has 0 aliphatic heterocycles. The number of nitrogens with zero attached hydrogens (tertiary/aromatic N) is 1. The summed E-state index contributed by atoms with van der Waals surface area (Å²) < 4.78 is 95.0. The molecule has 0 aliphatic carbocycles. The highest BCUT2D eigenvalue weighted by atomic mass is 19.4. The highest BCUT2D eigenvalue weighted by molar-refractivity contribution is 5.84. The second-order valence-electron chi connectivity index (χ2n) is 5.40. The van der Waals surface area contributed by atoms with Crippen LogP contribution >= 0.6 is 0 Å². The topological polar surface area (TPSA) is 31.2 Å². The Bertz CT molecular complexity index is 1090. The molecule has 0 atom stereocenters. The van der Waals surface area contributed by atoms with Crippen molar-refractivity contribution in [2.24, 2.45) is 0 Å². The maximum Gasteiger partial charge on any atom is 0.422 e. The van der Waals surface area contributed by atoms with E-state index in [2.05, 4.69) is 0 Å². The van der Waals surface area contributed by atoms with Gasteiger partial charge in [0, 0.05) is 5.39 Å². The van der Waals surface area contributed by atoms with Gasteiger partial charge in [0.2, 0.25) is 0 Å². The van der Waals surface area contributed by atoms with Crippen molar-refractivity contribution in [2.75, 3.05) is 7.11 Å². The van der Waals surface area contributed by atoms with E-state index in [-0.39, 0.29) is 10.9 Å². The monoisotopic (exact) mass is 391 g/mol. The van der Waals surface area contributed by atoms with Crippen LogP contribution in [0.2, 0.25) is 0 Å². The van der Waals surface area contributed by atoms with Crippen molar-refractivity contribution in [1.29, 1.82) is 0 Å². The predicted octanol–water partition coefficient (Wildman–Crippen LogP) is 4.30. The second kappa shape index (κ2) is 6.29. The summed E-state index contributed by atoms with van der Waals surface area (Å²) in [6, 6.07) is 6.75. The van der Waals surface area contributed by atoms with Crippen LogP contribution in [0.25, 0.3) is 22.0 Å². The number of rotatable bonds is 2. The van der Waals surface area contributed by atoms with Gasteiger partial charge >= 0.3 is 6.18 Å². The number of para-hydroxylation sites is 1. The van der Waals surface area contributed by atoms with Crippen LogP contribution in [-0.4, -0.2) is 11.8 Å². The van der Waals surface area contributed by atoms with Crippen LogP contribution in [0.3, 0.4) is 0 Å². The largest absolute Gasteiger partial charge is 0.422 e. The molecule has 3 aromatic rings. The molecule has 27 heavy (non-hydrogen) atoms. The van der Waals surface area contributed by atoms with E-state index < -0.39 is 51.7 Å². The summed E-state index contributed by atoms with van der Waals surface area (Å²) in [5, 5.41) is 0.188. The second-order valence-corrected chi connectivity index (χ2v) is 5.40. The van der Waals surface area contributed by atoms with E-state index in [9.17, 15) is 35.5 Å². The third kappa shape index (κ3) is 2.81. The molecular weight excluding hydrogens is 383 g/mol. The zero-order valence-corrected chi connectivity index (χ0v) is 13.3. The molecule has 3 nitrogen and oxygen atoms in total. The lowest BCUT2D eigenvalue weighted by Crippen LogP contribution is -2.27. The van der Waals surface area contributed by atoms with Crippen LogP contribution < -0.4 is 10.4 Å². The smallest absolute Gasteiger partial charge is 0.413 e. The third-order valence-electron chi connectivity index (χ3n) is 3.87. The summed E-state index contributed by atoms with van der Waals surface area (Å²) in [7, 11) is 1.05. The van der Waals surface area contributed by atoms with Crippen LogP contribution in [0, 0.1) is 23.3 Å². The number of halogens is 7. The van der Waals surface area contributed by atoms with Crippen LogP contribution in [-0.2, 0) is 6.18 Å². The van der Waals surface area contributed by atoms with Gasteiger partial charge in [-0.2, -0.15) is 13.2 Å². The molecule has 0 fully saturated rings. The number of hydrogen-bond acceptors (Lipinski definition) is 2. The minimum atomic E-state index is -5.68. The Morgan fingerprint density at radius 1 is 0.926 bits per heavy atom. The first kappa shape index (κ1) is 18.7. The van der Waals surface area contributed by atoms with Crippen LogP contribution in [0.15, 0.2) is 35.1 Å². The lowest BCUT2D eigenvalue weighted by Gasteiger charge is -2.15. The minimum Gasteiger partial charge on any atom is -0.413 e. The van der Waals surface area contributed by atoms with Crippen molar-refractivity contribution in [2.45, 2.75) is 6.18 Å². The van der Waals surface area contributed by atoms with Crippen molar-refractivity contribution in [3.8, 4) is 11.1 Å². The van der Waals surface area contributed by atoms with Crippen molar-refractivity contribution in [3.63, 3.8) is 0 Å². The van der Waals surface area contributed by atoms with Crippen LogP contribution in [0.1, 0.15) is 5.56 Å². The van der Waals surface area contributed by atoms with E-state index in [0.29, 0.717) is 4.73 Å². The number of benzene rings is 2. The molecule has 0 aliphatic rings. The highest BCUT2D eigenvalue weighted by Crippen LogP contribution is 2.39. The molecule has 0 amide bonds. The molecule has 0 spiro atoms. The van der Waals surface area contributed by atoms with Crippen LogP contribution in [0.4, 0.5) is 30.7 Å². The summed E-state index contributed by atoms with van der Waals surface area (Å²) in [5.74, 6) is -9.96. The van der Waals surface area contributed by atoms with Crippen molar-refractivity contribution >= 4 is 10.9 Å². The summed E-state index contributed by atoms with van der Waals surface area (Å²) in [4.78, 5) is 17.3. The van der Waals surface area contributed by atoms with Crippen molar-refractivity contribution in [3.05, 3.63) is 69.5 Å². The lowest BCUT2D eigenvalue weighted by atomic mass is 10.00. The van der Waals surface area contributed by atoms with Crippen molar-refractivity contribution in [1.82, 2.24) is 4.73 Å². The van der Waals surface area contributed by atoms with Gasteiger partial charge in [0.25, 0.3) is 5.56 Å². The van der Waals surface area contributed by atoms with E-state index in [1.54, 1.807) is 0 Å². The maximum absolute atomic E-state index is 14.3. The number of alkyl halides is 3. The normalized spacial score (nSPS) is 11.9. The van der Waals surface area contributed by atoms with Gasteiger partial charge in [0.05, 0.1) is 16.6 Å². The summed E-state index contributed by atoms with van der Waals surface area (Å²) in [6.07, 6.45) is -5.68. The lowest BCUT2D eigenvalue weighted by molar-refractivity contribution is -0.143. The van der Waals surface area contributed by atoms with Crippen LogP contribution in [0.5, 0.6) is 0 Å². The molecule has 0 N–H and O–H groups in total. The molecule has 2 aromatic carbocycles. The number of pyridine rings is 1. The zero-order valence-electron chi connectivity index (χ0n) is 13.3. The molecular formula is C17H8F7NO2. The predicted molar refractivity (Wildman–Crippen MR) is 81.0 cm³/mol. The zero-order chi connectivity index (χ0) is 20.1. The molecule has 1 aromatic heterocycles. The fourth-order valence-electron chi connectivity index (χ4n) is 2.71. The fourth-order valence-corrected chi connectivity index (χ4v) is 2.71. The fraction of sp³-hybridized carbons (Fsp3) is 0.118. The molecule has 0 saturated heterocycles. The number of fused-ring (bicyclic) bond motifs is 1. The van der Waals surface area contributed by atoms with Crippen molar-refractivity contribution < 1.29 is 35.6 Å². The molecule has 1 heterocycles. The Morgan fingerprint density at radius 2 is 1.48 bits per heavy atom. The molecule has 142 valence electrons. The number of aromatic nitrogens is 1. The average Bonchev–Trinajstić information content (AvgIpc) is 2.59. The van der Waals surface area contributed by atoms with Gasteiger partial charge in [0.15, 0.2) is 23.3 Å². The van der Waals surface area contributed by atoms with Gasteiger partial charge in [0.1, 0.15) is 12.7 Å². The van der Waals surface area contributed by atoms with Gasteiger partial charge in [-0.25, -0.2) is 17.6 Å². The molecule has 0 bridgehead atoms. The molecule has 0 unspecified atom stereocenters. The Labute approximate surface area is 146 Å². The first-order valence-corrected chi connectivity index (χ1v) is 7.22. The van der Waals surface area contributed by atoms with Gasteiger partial charge in [-0.15, -0.1) is 4.73 Å². The quantitative estimate of drug-likeness (QED) is 0.482. The maximum atomic E-state index is 14.3. The van der Waals surface area contributed by atoms with E-state index in [1.165, 1.54) is 24.3 Å². The Morgan fingerprint density at radius 3 is 2.00 bits per heavy atom. The molecule has 3 rings (SSSR count). The first-order valence-electron chi connectivity index (χ1n) is 7.22. The SMILES string of the molecule is COn1c(=O)c(-c2c(F)c(F)c(C(F)(F)F)c(F)c2F)cc2ccccc21. The molecule has 0 radical (unpaired) electrons. The van der Waals surface area contributed by atoms with Gasteiger partial charge < -0.3 is 4.84 Å². The Hall–Kier alpha value is -3.04. The first-order chi connectivity index (χ1) is 12.6. The van der Waals surface area contributed by atoms with Gasteiger partial charge in [-0.3, -0.25) is 4.79 Å². The Kier molecular flexibility index (Phi) is 4.37. The van der Waals surface area contributed by atoms with Gasteiger partial charge in [-0.1, -0.05) is 18.2 Å². The molecule has 0 saturated carbocycles. The number of hydrogen-bond donors (Lipinski definition) is 0.